The Bertz CT molecular complexity index is 1380. The summed E-state index contributed by atoms with van der Waals surface area (Å²) in [5.41, 5.74) is 1.28. The van der Waals surface area contributed by atoms with E-state index in [0.717, 1.165) is 16.3 Å². The van der Waals surface area contributed by atoms with Gasteiger partial charge in [-0.3, -0.25) is 14.2 Å². The molecule has 1 N–H and O–H groups in total. The van der Waals surface area contributed by atoms with E-state index < -0.39 is 0 Å². The first-order chi connectivity index (χ1) is 14.5. The fraction of sp³-hybridized carbons (Fsp3) is 0.182. The van der Waals surface area contributed by atoms with Gasteiger partial charge in [0.05, 0.1) is 6.04 Å². The van der Waals surface area contributed by atoms with Crippen LogP contribution in [0, 0.1) is 3.95 Å². The Labute approximate surface area is 182 Å². The summed E-state index contributed by atoms with van der Waals surface area (Å²) in [6.07, 6.45) is 3.10. The average molecular weight is 437 g/mol. The number of amides is 1. The summed E-state index contributed by atoms with van der Waals surface area (Å²) >= 11 is 6.53. The molecule has 0 aliphatic carbocycles. The van der Waals surface area contributed by atoms with Gasteiger partial charge in [0.1, 0.15) is 17.6 Å². The average Bonchev–Trinajstić information content (AvgIpc) is 3.06. The monoisotopic (exact) mass is 436 g/mol. The smallest absolute Gasteiger partial charge is 0.273 e. The number of thiazole rings is 1. The van der Waals surface area contributed by atoms with Crippen molar-refractivity contribution < 1.29 is 4.79 Å². The second kappa shape index (κ2) is 8.33. The number of hydrogen-bond acceptors (Lipinski definition) is 5. The summed E-state index contributed by atoms with van der Waals surface area (Å²) in [6, 6.07) is 13.9. The molecule has 6 nitrogen and oxygen atoms in total. The normalized spacial score (nSPS) is 12.2. The van der Waals surface area contributed by atoms with Gasteiger partial charge in [0.2, 0.25) is 5.91 Å². The third-order valence-electron chi connectivity index (χ3n) is 4.94. The third-order valence-corrected chi connectivity index (χ3v) is 6.36. The molecule has 1 unspecified atom stereocenters. The maximum atomic E-state index is 12.8. The second-order valence-corrected chi connectivity index (χ2v) is 8.60. The second-order valence-electron chi connectivity index (χ2n) is 6.96. The van der Waals surface area contributed by atoms with E-state index in [9.17, 15) is 9.59 Å². The number of carbonyl (C=O) groups excluding carboxylic acids is 1. The van der Waals surface area contributed by atoms with Crippen LogP contribution in [0.4, 0.5) is 0 Å². The first kappa shape index (κ1) is 20.2. The van der Waals surface area contributed by atoms with Crippen LogP contribution in [0.15, 0.2) is 66.2 Å². The molecule has 0 saturated heterocycles. The molecule has 0 aliphatic rings. The van der Waals surface area contributed by atoms with Crippen molar-refractivity contribution in [3.63, 3.8) is 0 Å². The predicted octanol–water partition coefficient (Wildman–Crippen LogP) is 4.21. The lowest BCUT2D eigenvalue weighted by molar-refractivity contribution is -0.122. The Kier molecular flexibility index (Phi) is 5.61. The predicted molar refractivity (Wildman–Crippen MR) is 123 cm³/mol. The van der Waals surface area contributed by atoms with Crippen LogP contribution < -0.4 is 10.9 Å². The molecule has 0 saturated carbocycles. The van der Waals surface area contributed by atoms with E-state index in [4.69, 9.17) is 12.2 Å². The van der Waals surface area contributed by atoms with E-state index in [1.807, 2.05) is 49.4 Å². The van der Waals surface area contributed by atoms with Crippen molar-refractivity contribution in [1.82, 2.24) is 19.4 Å². The molecule has 0 bridgehead atoms. The Hall–Kier alpha value is -3.10. The molecule has 4 aromatic rings. The fourth-order valence-corrected chi connectivity index (χ4v) is 4.84. The van der Waals surface area contributed by atoms with Crippen LogP contribution in [0.5, 0.6) is 0 Å². The molecule has 152 valence electrons. The summed E-state index contributed by atoms with van der Waals surface area (Å²) in [4.78, 5) is 29.8. The number of allylic oxidation sites excluding steroid dienone is 1. The highest BCUT2D eigenvalue weighted by Gasteiger charge is 2.16. The first-order valence-electron chi connectivity index (χ1n) is 9.46. The fourth-order valence-electron chi connectivity index (χ4n) is 3.52. The summed E-state index contributed by atoms with van der Waals surface area (Å²) in [5.74, 6) is -0.257. The molecule has 0 fully saturated rings. The Morgan fingerprint density at radius 2 is 2.07 bits per heavy atom. The lowest BCUT2D eigenvalue weighted by Gasteiger charge is -2.17. The van der Waals surface area contributed by atoms with Crippen LogP contribution in [0.3, 0.4) is 0 Å². The number of aromatic nitrogens is 3. The maximum absolute atomic E-state index is 12.8. The quantitative estimate of drug-likeness (QED) is 0.363. The van der Waals surface area contributed by atoms with Crippen LogP contribution in [0.25, 0.3) is 21.1 Å². The van der Waals surface area contributed by atoms with E-state index in [2.05, 4.69) is 16.9 Å². The molecule has 2 heterocycles. The topological polar surface area (TPSA) is 68.9 Å². The van der Waals surface area contributed by atoms with Crippen LogP contribution in [-0.4, -0.2) is 20.0 Å². The number of rotatable bonds is 6. The molecule has 2 aromatic heterocycles. The lowest BCUT2D eigenvalue weighted by atomic mass is 10.00. The minimum Gasteiger partial charge on any atom is -0.348 e. The van der Waals surface area contributed by atoms with Gasteiger partial charge < -0.3 is 9.88 Å². The molecule has 2 aromatic carbocycles. The van der Waals surface area contributed by atoms with Crippen molar-refractivity contribution in [1.29, 1.82) is 0 Å². The van der Waals surface area contributed by atoms with Gasteiger partial charge >= 0.3 is 0 Å². The zero-order valence-electron chi connectivity index (χ0n) is 16.4. The number of nitrogens with one attached hydrogen (secondary N) is 1. The van der Waals surface area contributed by atoms with Crippen LogP contribution in [-0.2, 0) is 17.9 Å². The van der Waals surface area contributed by atoms with E-state index in [1.54, 1.807) is 10.6 Å². The third kappa shape index (κ3) is 3.71. The highest BCUT2D eigenvalue weighted by molar-refractivity contribution is 7.73. The zero-order valence-corrected chi connectivity index (χ0v) is 18.0. The molecular formula is C22H20N4O2S2. The molecule has 8 heteroatoms. The minimum absolute atomic E-state index is 0.108. The van der Waals surface area contributed by atoms with Gasteiger partial charge in [-0.25, -0.2) is 4.98 Å². The molecule has 0 radical (unpaired) electrons. The number of hydrogen-bond donors (Lipinski definition) is 1. The first-order valence-corrected chi connectivity index (χ1v) is 10.7. The van der Waals surface area contributed by atoms with E-state index in [-0.39, 0.29) is 24.1 Å². The largest absolute Gasteiger partial charge is 0.348 e. The highest BCUT2D eigenvalue weighted by atomic mass is 32.1. The van der Waals surface area contributed by atoms with Crippen LogP contribution in [0.1, 0.15) is 18.5 Å². The van der Waals surface area contributed by atoms with Gasteiger partial charge in [0, 0.05) is 6.54 Å². The summed E-state index contributed by atoms with van der Waals surface area (Å²) in [5, 5.41) is 5.20. The minimum atomic E-state index is -0.271. The molecule has 30 heavy (non-hydrogen) atoms. The van der Waals surface area contributed by atoms with Crippen molar-refractivity contribution in [3.05, 3.63) is 81.3 Å². The summed E-state index contributed by atoms with van der Waals surface area (Å²) in [7, 11) is 0. The van der Waals surface area contributed by atoms with Crippen molar-refractivity contribution >= 4 is 50.6 Å². The van der Waals surface area contributed by atoms with Crippen molar-refractivity contribution in [3.8, 4) is 0 Å². The Morgan fingerprint density at radius 1 is 1.30 bits per heavy atom. The van der Waals surface area contributed by atoms with Gasteiger partial charge in [-0.2, -0.15) is 0 Å². The molecule has 1 atom stereocenters. The standard InChI is InChI=1S/C22H20N4O2S2/c1-3-11-26-20-19(30-22(26)29)21(28)25(13-23-20)12-18(27)24-14(2)16-10-6-8-15-7-4-5-9-17(15)16/h3-10,13-14H,1,11-12H2,2H3,(H,24,27). The van der Waals surface area contributed by atoms with Crippen molar-refractivity contribution in [2.24, 2.45) is 0 Å². The SMILES string of the molecule is C=CCn1c(=S)sc2c(=O)n(CC(=O)NC(C)c3cccc4ccccc34)cnc21. The molecule has 4 rings (SSSR count). The van der Waals surface area contributed by atoms with Crippen LogP contribution >= 0.6 is 23.6 Å². The van der Waals surface area contributed by atoms with Crippen LogP contribution in [0.2, 0.25) is 0 Å². The van der Waals surface area contributed by atoms with Gasteiger partial charge in [0.15, 0.2) is 9.60 Å². The maximum Gasteiger partial charge on any atom is 0.273 e. The molecule has 0 spiro atoms. The lowest BCUT2D eigenvalue weighted by Crippen LogP contribution is -2.34. The number of nitrogens with zero attached hydrogens (tertiary/aromatic N) is 3. The van der Waals surface area contributed by atoms with Crippen molar-refractivity contribution in [2.45, 2.75) is 26.1 Å². The molecule has 0 aliphatic heterocycles. The number of benzene rings is 2. The Morgan fingerprint density at radius 3 is 2.87 bits per heavy atom. The van der Waals surface area contributed by atoms with E-state index in [1.165, 1.54) is 22.2 Å². The summed E-state index contributed by atoms with van der Waals surface area (Å²) < 4.78 is 4.08. The van der Waals surface area contributed by atoms with Crippen molar-refractivity contribution in [2.75, 3.05) is 0 Å². The highest BCUT2D eigenvalue weighted by Crippen LogP contribution is 2.24. The van der Waals surface area contributed by atoms with E-state index >= 15 is 0 Å². The molecular weight excluding hydrogens is 416 g/mol. The van der Waals surface area contributed by atoms with Gasteiger partial charge in [0.25, 0.3) is 5.56 Å². The number of fused-ring (bicyclic) bond motifs is 2. The van der Waals surface area contributed by atoms with Gasteiger partial charge in [-0.15, -0.1) is 6.58 Å². The Balaban J connectivity index is 1.57. The van der Waals surface area contributed by atoms with Gasteiger partial charge in [-0.05, 0) is 35.5 Å². The van der Waals surface area contributed by atoms with Gasteiger partial charge in [-0.1, -0.05) is 59.9 Å². The zero-order chi connectivity index (χ0) is 21.3. The van der Waals surface area contributed by atoms with E-state index in [0.29, 0.717) is 20.8 Å². The number of carbonyl (C=O) groups is 1. The summed E-state index contributed by atoms with van der Waals surface area (Å²) in [6.45, 7) is 6.02. The molecule has 1 amide bonds.